The van der Waals surface area contributed by atoms with Crippen molar-refractivity contribution in [3.63, 3.8) is 0 Å². The van der Waals surface area contributed by atoms with Crippen molar-refractivity contribution in [2.75, 3.05) is 13.2 Å². The summed E-state index contributed by atoms with van der Waals surface area (Å²) in [5.41, 5.74) is 6.84. The van der Waals surface area contributed by atoms with Gasteiger partial charge in [0.1, 0.15) is 0 Å². The van der Waals surface area contributed by atoms with Crippen LogP contribution >= 0.6 is 0 Å². The Bertz CT molecular complexity index is 1170. The summed E-state index contributed by atoms with van der Waals surface area (Å²) in [7, 11) is 0. The highest BCUT2D eigenvalue weighted by molar-refractivity contribution is 5.91. The molecule has 1 aliphatic carbocycles. The van der Waals surface area contributed by atoms with E-state index in [1.165, 1.54) is 11.6 Å². The molecule has 4 rings (SSSR count). The monoisotopic (exact) mass is 448 g/mol. The first-order chi connectivity index (χ1) is 16.1. The lowest BCUT2D eigenvalue weighted by molar-refractivity contribution is -0.124. The summed E-state index contributed by atoms with van der Waals surface area (Å²) in [6.45, 7) is 0.103. The Labute approximate surface area is 191 Å². The Hall–Kier alpha value is -3.46. The predicted octanol–water partition coefficient (Wildman–Crippen LogP) is 1.98. The van der Waals surface area contributed by atoms with Crippen LogP contribution in [0.2, 0.25) is 0 Å². The van der Waals surface area contributed by atoms with Gasteiger partial charge in [-0.15, -0.1) is 0 Å². The zero-order valence-electron chi connectivity index (χ0n) is 18.2. The second-order valence-corrected chi connectivity index (χ2v) is 8.16. The Kier molecular flexibility index (Phi) is 7.19. The maximum Gasteiger partial charge on any atom is 0.267 e. The Morgan fingerprint density at radius 2 is 2.06 bits per heavy atom. The number of fused-ring (bicyclic) bond motifs is 2. The van der Waals surface area contributed by atoms with Gasteiger partial charge in [0.05, 0.1) is 12.6 Å². The highest BCUT2D eigenvalue weighted by Gasteiger charge is 2.28. The molecule has 1 aromatic heterocycles. The number of nitrogens with one attached hydrogen (secondary N) is 4. The van der Waals surface area contributed by atoms with Crippen molar-refractivity contribution in [3.05, 3.63) is 77.0 Å². The third kappa shape index (κ3) is 5.31. The topological polar surface area (TPSA) is 126 Å². The molecule has 0 saturated heterocycles. The van der Waals surface area contributed by atoms with Gasteiger partial charge >= 0.3 is 0 Å². The number of carbonyl (C=O) groups excluding carboxylic acids is 2. The van der Waals surface area contributed by atoms with Gasteiger partial charge in [-0.05, 0) is 53.7 Å². The lowest BCUT2D eigenvalue weighted by Gasteiger charge is -2.23. The molecule has 0 saturated carbocycles. The van der Waals surface area contributed by atoms with E-state index in [0.29, 0.717) is 6.42 Å². The standard InChI is InChI=1S/C25H28N4O4/c30-12-11-26-25(32)23(14-18-15-27-21-4-2-1-3-19(18)21)28-22-9-7-17-13-16(5-8-20(17)22)6-10-24(31)29-33/h1-6,8,10,13,15,22-23,27-28,30,33H,7,9,11-12,14H2,(H,26,32)(H,29,31)/t22?,23-/m0/s1. The Morgan fingerprint density at radius 3 is 2.88 bits per heavy atom. The smallest absolute Gasteiger partial charge is 0.267 e. The molecule has 1 unspecified atom stereocenters. The van der Waals surface area contributed by atoms with Crippen molar-refractivity contribution in [3.8, 4) is 0 Å². The molecule has 0 radical (unpaired) electrons. The van der Waals surface area contributed by atoms with E-state index in [1.807, 2.05) is 48.7 Å². The highest BCUT2D eigenvalue weighted by atomic mass is 16.5. The number of H-pyrrole nitrogens is 1. The van der Waals surface area contributed by atoms with Crippen molar-refractivity contribution >= 4 is 28.8 Å². The second-order valence-electron chi connectivity index (χ2n) is 8.16. The molecule has 2 amide bonds. The first-order valence-corrected chi connectivity index (χ1v) is 11.0. The fourth-order valence-electron chi connectivity index (χ4n) is 4.42. The van der Waals surface area contributed by atoms with E-state index in [2.05, 4.69) is 15.6 Å². The number of hydroxylamine groups is 1. The lowest BCUT2D eigenvalue weighted by Crippen LogP contribution is -2.47. The SMILES string of the molecule is O=C(C=Cc1ccc2c(c1)CCC2N[C@@H](Cc1c[nH]c2ccccc12)C(=O)NCCO)NO. The number of aromatic nitrogens is 1. The van der Waals surface area contributed by atoms with Crippen LogP contribution in [-0.4, -0.2) is 46.3 Å². The second kappa shape index (κ2) is 10.4. The summed E-state index contributed by atoms with van der Waals surface area (Å²) in [5, 5.41) is 25.2. The van der Waals surface area contributed by atoms with E-state index >= 15 is 0 Å². The molecule has 8 heteroatoms. The van der Waals surface area contributed by atoms with Crippen LogP contribution in [0.15, 0.2) is 54.7 Å². The molecule has 0 spiro atoms. The number of benzene rings is 2. The average molecular weight is 449 g/mol. The third-order valence-electron chi connectivity index (χ3n) is 6.01. The van der Waals surface area contributed by atoms with Crippen LogP contribution < -0.4 is 16.1 Å². The number of aliphatic hydroxyl groups excluding tert-OH is 1. The Morgan fingerprint density at radius 1 is 1.21 bits per heavy atom. The molecule has 0 fully saturated rings. The number of carbonyl (C=O) groups is 2. The number of aliphatic hydroxyl groups is 1. The summed E-state index contributed by atoms with van der Waals surface area (Å²) < 4.78 is 0. The fraction of sp³-hybridized carbons (Fsp3) is 0.280. The zero-order valence-corrected chi connectivity index (χ0v) is 18.2. The summed E-state index contributed by atoms with van der Waals surface area (Å²) in [6, 6.07) is 13.5. The molecule has 2 aromatic carbocycles. The summed E-state index contributed by atoms with van der Waals surface area (Å²) in [5.74, 6) is -0.721. The van der Waals surface area contributed by atoms with Crippen LogP contribution in [0.4, 0.5) is 0 Å². The van der Waals surface area contributed by atoms with E-state index in [0.717, 1.165) is 40.4 Å². The van der Waals surface area contributed by atoms with Gasteiger partial charge in [-0.1, -0.05) is 36.4 Å². The van der Waals surface area contributed by atoms with E-state index in [4.69, 9.17) is 10.3 Å². The van der Waals surface area contributed by atoms with Crippen molar-refractivity contribution in [1.29, 1.82) is 0 Å². The quantitative estimate of drug-likeness (QED) is 0.170. The molecule has 1 aliphatic rings. The molecule has 6 N–H and O–H groups in total. The molecule has 1 heterocycles. The number of amides is 2. The van der Waals surface area contributed by atoms with Gasteiger partial charge in [-0.3, -0.25) is 20.1 Å². The molecule has 0 aliphatic heterocycles. The number of para-hydroxylation sites is 1. The van der Waals surface area contributed by atoms with Gasteiger partial charge in [0, 0.05) is 35.8 Å². The molecule has 172 valence electrons. The van der Waals surface area contributed by atoms with Crippen LogP contribution in [0.25, 0.3) is 17.0 Å². The minimum atomic E-state index is -0.580. The van der Waals surface area contributed by atoms with Crippen LogP contribution in [0.3, 0.4) is 0 Å². The number of hydrogen-bond donors (Lipinski definition) is 6. The normalized spacial score (nSPS) is 16.1. The number of rotatable bonds is 9. The van der Waals surface area contributed by atoms with Crippen molar-refractivity contribution in [1.82, 2.24) is 21.1 Å². The minimum Gasteiger partial charge on any atom is -0.395 e. The molecular formula is C25H28N4O4. The molecule has 33 heavy (non-hydrogen) atoms. The first kappa shape index (κ1) is 22.7. The van der Waals surface area contributed by atoms with Crippen molar-refractivity contribution in [2.45, 2.75) is 31.3 Å². The van der Waals surface area contributed by atoms with E-state index < -0.39 is 11.9 Å². The number of hydrogen-bond acceptors (Lipinski definition) is 5. The van der Waals surface area contributed by atoms with Crippen LogP contribution in [0.5, 0.6) is 0 Å². The predicted molar refractivity (Wildman–Crippen MR) is 125 cm³/mol. The molecular weight excluding hydrogens is 420 g/mol. The summed E-state index contributed by atoms with van der Waals surface area (Å²) in [6.07, 6.45) is 7.10. The van der Waals surface area contributed by atoms with Gasteiger partial charge in [-0.25, -0.2) is 5.48 Å². The van der Waals surface area contributed by atoms with Gasteiger partial charge < -0.3 is 15.4 Å². The molecule has 8 nitrogen and oxygen atoms in total. The summed E-state index contributed by atoms with van der Waals surface area (Å²) >= 11 is 0. The molecule has 0 bridgehead atoms. The van der Waals surface area contributed by atoms with E-state index in [-0.39, 0.29) is 25.1 Å². The molecule has 3 aromatic rings. The maximum atomic E-state index is 12.9. The van der Waals surface area contributed by atoms with Crippen LogP contribution in [0.1, 0.15) is 34.7 Å². The van der Waals surface area contributed by atoms with Gasteiger partial charge in [0.2, 0.25) is 5.91 Å². The van der Waals surface area contributed by atoms with Crippen molar-refractivity contribution < 1.29 is 19.9 Å². The van der Waals surface area contributed by atoms with Crippen LogP contribution in [-0.2, 0) is 22.4 Å². The van der Waals surface area contributed by atoms with Gasteiger partial charge in [-0.2, -0.15) is 0 Å². The minimum absolute atomic E-state index is 0.0221. The lowest BCUT2D eigenvalue weighted by atomic mass is 10.0. The highest BCUT2D eigenvalue weighted by Crippen LogP contribution is 2.33. The molecule has 2 atom stereocenters. The third-order valence-corrected chi connectivity index (χ3v) is 6.01. The largest absolute Gasteiger partial charge is 0.395 e. The number of aryl methyl sites for hydroxylation is 1. The van der Waals surface area contributed by atoms with Gasteiger partial charge in [0.15, 0.2) is 0 Å². The zero-order chi connectivity index (χ0) is 23.2. The number of aromatic amines is 1. The maximum absolute atomic E-state index is 12.9. The van der Waals surface area contributed by atoms with Crippen LogP contribution in [0, 0.1) is 0 Å². The van der Waals surface area contributed by atoms with E-state index in [9.17, 15) is 9.59 Å². The van der Waals surface area contributed by atoms with E-state index in [1.54, 1.807) is 11.6 Å². The average Bonchev–Trinajstić information content (AvgIpc) is 3.44. The Balaban J connectivity index is 1.53. The first-order valence-electron chi connectivity index (χ1n) is 11.0. The summed E-state index contributed by atoms with van der Waals surface area (Å²) in [4.78, 5) is 27.4. The van der Waals surface area contributed by atoms with Gasteiger partial charge in [0.25, 0.3) is 5.91 Å². The van der Waals surface area contributed by atoms with Crippen molar-refractivity contribution in [2.24, 2.45) is 0 Å². The fourth-order valence-corrected chi connectivity index (χ4v) is 4.42.